The van der Waals surface area contributed by atoms with Gasteiger partial charge in [-0.1, -0.05) is 24.3 Å². The number of carbonyl (C=O) groups is 5. The van der Waals surface area contributed by atoms with Gasteiger partial charge in [0.2, 0.25) is 11.8 Å². The van der Waals surface area contributed by atoms with Gasteiger partial charge in [-0.05, 0) is 59.8 Å². The summed E-state index contributed by atoms with van der Waals surface area (Å²) in [7, 11) is 0. The van der Waals surface area contributed by atoms with Crippen LogP contribution >= 0.6 is 0 Å². The van der Waals surface area contributed by atoms with E-state index in [0.29, 0.717) is 68.8 Å². The van der Waals surface area contributed by atoms with Crippen LogP contribution in [0.4, 0.5) is 5.69 Å². The molecular formula is C38H42N8O9. The molecule has 1 atom stereocenters. The highest BCUT2D eigenvalue weighted by atomic mass is 16.5. The Morgan fingerprint density at radius 2 is 1.73 bits per heavy atom. The third-order valence-electron chi connectivity index (χ3n) is 9.06. The summed E-state index contributed by atoms with van der Waals surface area (Å²) >= 11 is 0. The van der Waals surface area contributed by atoms with Crippen molar-refractivity contribution in [2.45, 2.75) is 25.4 Å². The maximum absolute atomic E-state index is 13.3. The molecule has 2 aliphatic rings. The molecule has 5 amide bonds. The van der Waals surface area contributed by atoms with E-state index in [1.807, 2.05) is 47.2 Å². The lowest BCUT2D eigenvalue weighted by Gasteiger charge is -2.27. The number of fused-ring (bicyclic) bond motifs is 2. The van der Waals surface area contributed by atoms with Gasteiger partial charge in [0.25, 0.3) is 17.7 Å². The molecule has 3 aromatic carbocycles. The molecule has 1 saturated heterocycles. The number of aromatic nitrogens is 1. The van der Waals surface area contributed by atoms with Crippen LogP contribution in [0.5, 0.6) is 5.75 Å². The molecule has 0 saturated carbocycles. The zero-order valence-electron chi connectivity index (χ0n) is 29.9. The molecule has 0 aliphatic carbocycles. The summed E-state index contributed by atoms with van der Waals surface area (Å²) in [4.78, 5) is 63.0. The number of hydrogen-bond donors (Lipinski definition) is 6. The molecule has 3 heterocycles. The van der Waals surface area contributed by atoms with Crippen molar-refractivity contribution in [1.29, 1.82) is 0 Å². The van der Waals surface area contributed by atoms with Crippen LogP contribution in [-0.2, 0) is 25.6 Å². The fourth-order valence-electron chi connectivity index (χ4n) is 6.31. The number of ether oxygens (including phenoxy) is 3. The molecular weight excluding hydrogens is 712 g/mol. The number of hydrogen-bond acceptors (Lipinski definition) is 13. The molecule has 55 heavy (non-hydrogen) atoms. The van der Waals surface area contributed by atoms with Crippen molar-refractivity contribution in [2.24, 2.45) is 11.6 Å². The number of imide groups is 2. The second kappa shape index (κ2) is 17.7. The van der Waals surface area contributed by atoms with Crippen LogP contribution in [-0.4, -0.2) is 101 Å². The van der Waals surface area contributed by atoms with Gasteiger partial charge in [-0.3, -0.25) is 39.4 Å². The van der Waals surface area contributed by atoms with E-state index in [1.54, 1.807) is 29.7 Å². The summed E-state index contributed by atoms with van der Waals surface area (Å²) in [5.74, 6) is 3.88. The predicted molar refractivity (Wildman–Crippen MR) is 199 cm³/mol. The van der Waals surface area contributed by atoms with Crippen molar-refractivity contribution in [2.75, 3.05) is 51.4 Å². The Kier molecular flexibility index (Phi) is 12.4. The van der Waals surface area contributed by atoms with Gasteiger partial charge in [-0.25, -0.2) is 11.3 Å². The SMILES string of the molecule is N/C(=C\N(N)CCOCCOCCOc1ccc(Cn2ccc3ccc(C(=O)NO)cc32)cc1)CNc1cccc2c1C(=O)N(C1CCC(=O)NC1=O)C2=O. The average molecular weight is 755 g/mol. The molecule has 17 heteroatoms. The summed E-state index contributed by atoms with van der Waals surface area (Å²) in [6.45, 7) is 2.83. The number of amides is 5. The first-order valence-corrected chi connectivity index (χ1v) is 17.6. The molecule has 17 nitrogen and oxygen atoms in total. The van der Waals surface area contributed by atoms with Crippen LogP contribution in [0.2, 0.25) is 0 Å². The fraction of sp³-hybridized carbons (Fsp3) is 0.289. The molecule has 0 spiro atoms. The van der Waals surface area contributed by atoms with Crippen molar-refractivity contribution in [1.82, 2.24) is 25.3 Å². The number of anilines is 1. The third kappa shape index (κ3) is 9.28. The van der Waals surface area contributed by atoms with Gasteiger partial charge in [0.1, 0.15) is 18.4 Å². The van der Waals surface area contributed by atoms with Crippen molar-refractivity contribution >= 4 is 46.1 Å². The number of nitrogens with zero attached hydrogens (tertiary/aromatic N) is 3. The molecule has 1 fully saturated rings. The predicted octanol–water partition coefficient (Wildman–Crippen LogP) is 1.71. The minimum absolute atomic E-state index is 0.0366. The molecule has 1 aromatic heterocycles. The van der Waals surface area contributed by atoms with E-state index >= 15 is 0 Å². The summed E-state index contributed by atoms with van der Waals surface area (Å²) < 4.78 is 19.0. The maximum Gasteiger partial charge on any atom is 0.274 e. The highest BCUT2D eigenvalue weighted by Gasteiger charge is 2.45. The maximum atomic E-state index is 13.3. The van der Waals surface area contributed by atoms with Crippen molar-refractivity contribution < 1.29 is 43.4 Å². The monoisotopic (exact) mass is 754 g/mol. The molecule has 0 radical (unpaired) electrons. The Morgan fingerprint density at radius 1 is 0.964 bits per heavy atom. The van der Waals surface area contributed by atoms with Gasteiger partial charge in [0.15, 0.2) is 0 Å². The normalized spacial score (nSPS) is 15.6. The van der Waals surface area contributed by atoms with Crippen molar-refractivity contribution in [3.05, 3.63) is 107 Å². The van der Waals surface area contributed by atoms with Gasteiger partial charge in [0.05, 0.1) is 50.6 Å². The Morgan fingerprint density at radius 3 is 2.49 bits per heavy atom. The molecule has 288 valence electrons. The lowest BCUT2D eigenvalue weighted by molar-refractivity contribution is -0.136. The molecule has 0 bridgehead atoms. The summed E-state index contributed by atoms with van der Waals surface area (Å²) in [6.07, 6.45) is 3.59. The van der Waals surface area contributed by atoms with Gasteiger partial charge < -0.3 is 34.8 Å². The molecule has 1 unspecified atom stereocenters. The van der Waals surface area contributed by atoms with E-state index in [1.165, 1.54) is 17.3 Å². The zero-order valence-corrected chi connectivity index (χ0v) is 29.9. The number of nitrogens with one attached hydrogen (secondary N) is 3. The Labute approximate surface area is 315 Å². The lowest BCUT2D eigenvalue weighted by atomic mass is 10.0. The van der Waals surface area contributed by atoms with E-state index in [-0.39, 0.29) is 30.5 Å². The average Bonchev–Trinajstić information content (AvgIpc) is 3.70. The van der Waals surface area contributed by atoms with Crippen LogP contribution in [0.1, 0.15) is 49.5 Å². The molecule has 6 rings (SSSR count). The minimum Gasteiger partial charge on any atom is -0.491 e. The minimum atomic E-state index is -1.06. The van der Waals surface area contributed by atoms with E-state index in [2.05, 4.69) is 10.6 Å². The van der Waals surface area contributed by atoms with E-state index in [9.17, 15) is 24.0 Å². The number of hydrazine groups is 1. The standard InChI is InChI=1S/C38H42N8O9/c39-27(21-41-30-3-1-2-29-34(30)38(51)46(37(29)50)31-10-11-33(47)42-36(31)49)23-45(40)14-15-53-16-17-54-18-19-55-28-8-4-24(5-9-28)22-44-13-12-25-6-7-26(20-32(25)44)35(48)43-52/h1-9,12-13,20,23,31,41,52H,10-11,14-19,21-22,39-40H2,(H,43,48)(H,42,47,49)/b27-23-. The second-order valence-corrected chi connectivity index (χ2v) is 12.8. The van der Waals surface area contributed by atoms with Crippen LogP contribution in [0.25, 0.3) is 10.9 Å². The number of piperidine rings is 1. The van der Waals surface area contributed by atoms with Gasteiger partial charge in [-0.2, -0.15) is 0 Å². The van der Waals surface area contributed by atoms with E-state index in [0.717, 1.165) is 21.4 Å². The number of carbonyl (C=O) groups excluding carboxylic acids is 5. The van der Waals surface area contributed by atoms with Gasteiger partial charge in [-0.15, -0.1) is 0 Å². The summed E-state index contributed by atoms with van der Waals surface area (Å²) in [5.41, 5.74) is 11.2. The lowest BCUT2D eigenvalue weighted by Crippen LogP contribution is -2.54. The highest BCUT2D eigenvalue weighted by Crippen LogP contribution is 2.32. The first-order valence-electron chi connectivity index (χ1n) is 17.6. The third-order valence-corrected chi connectivity index (χ3v) is 9.06. The zero-order chi connectivity index (χ0) is 38.9. The summed E-state index contributed by atoms with van der Waals surface area (Å²) in [5, 5.41) is 16.6. The van der Waals surface area contributed by atoms with Crippen molar-refractivity contribution in [3.8, 4) is 5.75 Å². The van der Waals surface area contributed by atoms with E-state index < -0.39 is 35.6 Å². The molecule has 4 aromatic rings. The largest absolute Gasteiger partial charge is 0.491 e. The second-order valence-electron chi connectivity index (χ2n) is 12.8. The van der Waals surface area contributed by atoms with Crippen LogP contribution < -0.4 is 32.4 Å². The number of benzene rings is 3. The Bertz CT molecular complexity index is 2100. The van der Waals surface area contributed by atoms with E-state index in [4.69, 9.17) is 31.0 Å². The summed E-state index contributed by atoms with van der Waals surface area (Å²) in [6, 6.07) is 18.7. The van der Waals surface area contributed by atoms with Crippen molar-refractivity contribution in [3.63, 3.8) is 0 Å². The Balaban J connectivity index is 0.847. The van der Waals surface area contributed by atoms with Crippen LogP contribution in [0, 0.1) is 0 Å². The number of rotatable bonds is 18. The van der Waals surface area contributed by atoms with Crippen LogP contribution in [0.3, 0.4) is 0 Å². The fourth-order valence-corrected chi connectivity index (χ4v) is 6.31. The number of nitrogens with two attached hydrogens (primary N) is 2. The highest BCUT2D eigenvalue weighted by molar-refractivity contribution is 6.25. The number of hydroxylamine groups is 1. The topological polar surface area (TPSA) is 233 Å². The first kappa shape index (κ1) is 38.5. The van der Waals surface area contributed by atoms with Gasteiger partial charge >= 0.3 is 0 Å². The van der Waals surface area contributed by atoms with Gasteiger partial charge in [0, 0.05) is 47.8 Å². The van der Waals surface area contributed by atoms with Crippen LogP contribution in [0.15, 0.2) is 84.8 Å². The first-order chi connectivity index (χ1) is 26.6. The Hall–Kier alpha value is -6.27. The molecule has 2 aliphatic heterocycles. The smallest absolute Gasteiger partial charge is 0.274 e. The quantitative estimate of drug-likeness (QED) is 0.0280. The molecule has 8 N–H and O–H groups in total.